The lowest BCUT2D eigenvalue weighted by Crippen LogP contribution is -2.02. The molecule has 0 amide bonds. The molecule has 1 aliphatic rings. The molecule has 3 heteroatoms. The van der Waals surface area contributed by atoms with Crippen molar-refractivity contribution >= 4 is 0 Å². The Morgan fingerprint density at radius 2 is 2.44 bits per heavy atom. The Morgan fingerprint density at radius 1 is 1.56 bits per heavy atom. The number of rotatable bonds is 4. The maximum absolute atomic E-state index is 9.02. The smallest absolute Gasteiger partial charge is 0.231 e. The van der Waals surface area contributed by atoms with Gasteiger partial charge in [0.15, 0.2) is 0 Å². The first-order chi connectivity index (χ1) is 7.85. The maximum atomic E-state index is 9.02. The van der Waals surface area contributed by atoms with Crippen molar-refractivity contribution in [1.29, 1.82) is 5.26 Å². The van der Waals surface area contributed by atoms with Crippen LogP contribution < -0.4 is 4.74 Å². The SMILES string of the molecule is C=CCCOc1nc2c(cc1C#N)CCC2. The van der Waals surface area contributed by atoms with E-state index in [0.717, 1.165) is 31.4 Å². The highest BCUT2D eigenvalue weighted by Gasteiger charge is 2.16. The van der Waals surface area contributed by atoms with Gasteiger partial charge in [-0.15, -0.1) is 6.58 Å². The van der Waals surface area contributed by atoms with Crippen LogP contribution in [0.1, 0.15) is 29.7 Å². The Labute approximate surface area is 95.4 Å². The van der Waals surface area contributed by atoms with E-state index >= 15 is 0 Å². The monoisotopic (exact) mass is 214 g/mol. The number of nitriles is 1. The summed E-state index contributed by atoms with van der Waals surface area (Å²) in [7, 11) is 0. The number of pyridine rings is 1. The summed E-state index contributed by atoms with van der Waals surface area (Å²) in [4.78, 5) is 4.42. The highest BCUT2D eigenvalue weighted by molar-refractivity contribution is 5.44. The van der Waals surface area contributed by atoms with Gasteiger partial charge in [-0.1, -0.05) is 6.08 Å². The summed E-state index contributed by atoms with van der Waals surface area (Å²) in [6.45, 7) is 4.16. The largest absolute Gasteiger partial charge is 0.476 e. The molecule has 0 fully saturated rings. The van der Waals surface area contributed by atoms with Crippen molar-refractivity contribution in [2.24, 2.45) is 0 Å². The van der Waals surface area contributed by atoms with Crippen LogP contribution in [0.5, 0.6) is 5.88 Å². The molecule has 0 unspecified atom stereocenters. The first kappa shape index (κ1) is 10.7. The molecule has 2 rings (SSSR count). The minimum absolute atomic E-state index is 0.477. The van der Waals surface area contributed by atoms with E-state index in [9.17, 15) is 0 Å². The third kappa shape index (κ3) is 2.06. The Morgan fingerprint density at radius 3 is 3.19 bits per heavy atom. The van der Waals surface area contributed by atoms with Crippen molar-refractivity contribution < 1.29 is 4.74 Å². The molecule has 0 radical (unpaired) electrons. The fourth-order valence-corrected chi connectivity index (χ4v) is 1.88. The van der Waals surface area contributed by atoms with Crippen LogP contribution in [0.3, 0.4) is 0 Å². The molecule has 0 bridgehead atoms. The molecular weight excluding hydrogens is 200 g/mol. The number of aryl methyl sites for hydroxylation is 2. The van der Waals surface area contributed by atoms with Gasteiger partial charge in [0.1, 0.15) is 11.6 Å². The van der Waals surface area contributed by atoms with Crippen LogP contribution in [0.4, 0.5) is 0 Å². The number of hydrogen-bond acceptors (Lipinski definition) is 3. The number of fused-ring (bicyclic) bond motifs is 1. The molecule has 82 valence electrons. The third-order valence-electron chi connectivity index (χ3n) is 2.70. The lowest BCUT2D eigenvalue weighted by molar-refractivity contribution is 0.310. The van der Waals surface area contributed by atoms with E-state index in [0.29, 0.717) is 18.1 Å². The molecule has 0 aromatic carbocycles. The van der Waals surface area contributed by atoms with Gasteiger partial charge in [0.05, 0.1) is 6.61 Å². The standard InChI is InChI=1S/C13H14N2O/c1-2-3-7-16-13-11(9-14)8-10-5-4-6-12(10)15-13/h2,8H,1,3-7H2. The number of hydrogen-bond donors (Lipinski definition) is 0. The quantitative estimate of drug-likeness (QED) is 0.571. The highest BCUT2D eigenvalue weighted by Crippen LogP contribution is 2.26. The predicted molar refractivity (Wildman–Crippen MR) is 61.3 cm³/mol. The van der Waals surface area contributed by atoms with E-state index in [1.807, 2.05) is 6.07 Å². The average molecular weight is 214 g/mol. The zero-order chi connectivity index (χ0) is 11.4. The molecule has 0 N–H and O–H groups in total. The van der Waals surface area contributed by atoms with Gasteiger partial charge in [-0.25, -0.2) is 4.98 Å². The van der Waals surface area contributed by atoms with E-state index < -0.39 is 0 Å². The van der Waals surface area contributed by atoms with E-state index in [4.69, 9.17) is 10.00 Å². The van der Waals surface area contributed by atoms with Gasteiger partial charge in [-0.3, -0.25) is 0 Å². The second-order valence-electron chi connectivity index (χ2n) is 3.84. The van der Waals surface area contributed by atoms with Gasteiger partial charge in [-0.05, 0) is 37.3 Å². The van der Waals surface area contributed by atoms with Crippen LogP contribution in [0.2, 0.25) is 0 Å². The van der Waals surface area contributed by atoms with Crippen molar-refractivity contribution in [3.63, 3.8) is 0 Å². The van der Waals surface area contributed by atoms with Crippen LogP contribution in [0.25, 0.3) is 0 Å². The average Bonchev–Trinajstić information content (AvgIpc) is 2.75. The molecule has 0 spiro atoms. The van der Waals surface area contributed by atoms with Crippen molar-refractivity contribution in [3.05, 3.63) is 35.5 Å². The Hall–Kier alpha value is -1.82. The fourth-order valence-electron chi connectivity index (χ4n) is 1.88. The van der Waals surface area contributed by atoms with Gasteiger partial charge < -0.3 is 4.74 Å². The highest BCUT2D eigenvalue weighted by atomic mass is 16.5. The molecule has 3 nitrogen and oxygen atoms in total. The second kappa shape index (κ2) is 4.80. The molecule has 16 heavy (non-hydrogen) atoms. The Kier molecular flexibility index (Phi) is 3.21. The number of ether oxygens (including phenoxy) is 1. The molecule has 0 aliphatic heterocycles. The molecule has 0 saturated heterocycles. The van der Waals surface area contributed by atoms with E-state index in [2.05, 4.69) is 17.6 Å². The van der Waals surface area contributed by atoms with Gasteiger partial charge in [-0.2, -0.15) is 5.26 Å². The van der Waals surface area contributed by atoms with Crippen LogP contribution in [0.15, 0.2) is 18.7 Å². The number of nitrogens with zero attached hydrogens (tertiary/aromatic N) is 2. The summed E-state index contributed by atoms with van der Waals surface area (Å²) in [5, 5.41) is 9.02. The molecule has 0 atom stereocenters. The normalized spacial score (nSPS) is 12.9. The van der Waals surface area contributed by atoms with Crippen LogP contribution in [-0.2, 0) is 12.8 Å². The summed E-state index contributed by atoms with van der Waals surface area (Å²) in [5.41, 5.74) is 2.84. The first-order valence-corrected chi connectivity index (χ1v) is 5.51. The van der Waals surface area contributed by atoms with Gasteiger partial charge in [0.25, 0.3) is 0 Å². The first-order valence-electron chi connectivity index (χ1n) is 5.51. The van der Waals surface area contributed by atoms with Crippen LogP contribution in [0, 0.1) is 11.3 Å². The molecule has 0 saturated carbocycles. The summed E-state index contributed by atoms with van der Waals surface area (Å²) in [6.07, 6.45) is 5.72. The predicted octanol–water partition coefficient (Wildman–Crippen LogP) is 2.40. The Bertz CT molecular complexity index is 446. The van der Waals surface area contributed by atoms with E-state index in [1.54, 1.807) is 6.08 Å². The van der Waals surface area contributed by atoms with Gasteiger partial charge in [0.2, 0.25) is 5.88 Å². The Balaban J connectivity index is 2.23. The zero-order valence-electron chi connectivity index (χ0n) is 9.20. The fraction of sp³-hybridized carbons (Fsp3) is 0.385. The zero-order valence-corrected chi connectivity index (χ0v) is 9.20. The topological polar surface area (TPSA) is 45.9 Å². The number of aromatic nitrogens is 1. The second-order valence-corrected chi connectivity index (χ2v) is 3.84. The molecular formula is C13H14N2O. The van der Waals surface area contributed by atoms with Crippen molar-refractivity contribution in [1.82, 2.24) is 4.98 Å². The minimum Gasteiger partial charge on any atom is -0.476 e. The summed E-state index contributed by atoms with van der Waals surface area (Å²) in [5.74, 6) is 0.477. The van der Waals surface area contributed by atoms with E-state index in [1.165, 1.54) is 5.56 Å². The van der Waals surface area contributed by atoms with Crippen LogP contribution >= 0.6 is 0 Å². The van der Waals surface area contributed by atoms with Gasteiger partial charge >= 0.3 is 0 Å². The van der Waals surface area contributed by atoms with Crippen LogP contribution in [-0.4, -0.2) is 11.6 Å². The lowest BCUT2D eigenvalue weighted by Gasteiger charge is -2.07. The molecule has 1 aromatic rings. The minimum atomic E-state index is 0.477. The molecule has 1 heterocycles. The summed E-state index contributed by atoms with van der Waals surface area (Å²) < 4.78 is 5.49. The van der Waals surface area contributed by atoms with Crippen molar-refractivity contribution in [2.75, 3.05) is 6.61 Å². The lowest BCUT2D eigenvalue weighted by atomic mass is 10.1. The molecule has 1 aliphatic carbocycles. The van der Waals surface area contributed by atoms with Gasteiger partial charge in [0, 0.05) is 5.69 Å². The van der Waals surface area contributed by atoms with E-state index in [-0.39, 0.29) is 0 Å². The maximum Gasteiger partial charge on any atom is 0.231 e. The summed E-state index contributed by atoms with van der Waals surface area (Å²) in [6, 6.07) is 4.05. The summed E-state index contributed by atoms with van der Waals surface area (Å²) >= 11 is 0. The van der Waals surface area contributed by atoms with Crippen molar-refractivity contribution in [2.45, 2.75) is 25.7 Å². The molecule has 1 aromatic heterocycles. The third-order valence-corrected chi connectivity index (χ3v) is 2.70. The van der Waals surface area contributed by atoms with Crippen molar-refractivity contribution in [3.8, 4) is 11.9 Å².